The lowest BCUT2D eigenvalue weighted by atomic mass is 10.2. The number of nitriles is 2. The number of anilines is 1. The average Bonchev–Trinajstić information content (AvgIpc) is 3.52. The molecule has 1 amide bonds. The molecule has 3 aromatic heterocycles. The van der Waals surface area contributed by atoms with E-state index in [2.05, 4.69) is 32.3 Å². The van der Waals surface area contributed by atoms with E-state index in [9.17, 15) is 15.3 Å². The highest BCUT2D eigenvalue weighted by Gasteiger charge is 2.22. The number of fused-ring (bicyclic) bond motifs is 1. The Kier molecular flexibility index (Phi) is 5.88. The summed E-state index contributed by atoms with van der Waals surface area (Å²) in [6.45, 7) is 4.35. The zero-order chi connectivity index (χ0) is 23.7. The summed E-state index contributed by atoms with van der Waals surface area (Å²) in [5.74, 6) is 0.0878. The lowest BCUT2D eigenvalue weighted by Crippen LogP contribution is -2.48. The van der Waals surface area contributed by atoms with E-state index in [4.69, 9.17) is 0 Å². The van der Waals surface area contributed by atoms with Gasteiger partial charge in [-0.05, 0) is 18.2 Å². The summed E-state index contributed by atoms with van der Waals surface area (Å²) in [5, 5.41) is 33.8. The molecule has 1 fully saturated rings. The Morgan fingerprint density at radius 1 is 1.06 bits per heavy atom. The molecule has 0 aliphatic carbocycles. The van der Waals surface area contributed by atoms with Crippen LogP contribution in [0.4, 0.5) is 5.13 Å². The third kappa shape index (κ3) is 4.07. The number of carbonyl (C=O) groups is 1. The fourth-order valence-corrected chi connectivity index (χ4v) is 5.77. The first-order valence-corrected chi connectivity index (χ1v) is 12.1. The van der Waals surface area contributed by atoms with Crippen molar-refractivity contribution in [2.75, 3.05) is 31.1 Å². The van der Waals surface area contributed by atoms with Crippen LogP contribution >= 0.6 is 23.1 Å². The van der Waals surface area contributed by atoms with Crippen molar-refractivity contribution in [2.24, 2.45) is 0 Å². The first kappa shape index (κ1) is 21.9. The number of pyridine rings is 1. The van der Waals surface area contributed by atoms with Gasteiger partial charge in [0.15, 0.2) is 5.01 Å². The average molecular weight is 487 g/mol. The Morgan fingerprint density at radius 2 is 1.82 bits per heavy atom. The fraction of sp³-hybridized carbons (Fsp3) is 0.217. The summed E-state index contributed by atoms with van der Waals surface area (Å²) < 4.78 is 1.68. The Bertz CT molecular complexity index is 1470. The Morgan fingerprint density at radius 3 is 2.56 bits per heavy atom. The first-order chi connectivity index (χ1) is 16.6. The van der Waals surface area contributed by atoms with Crippen molar-refractivity contribution in [3.8, 4) is 22.7 Å². The second-order valence-corrected chi connectivity index (χ2v) is 9.69. The minimum absolute atomic E-state index is 0.0878. The molecule has 0 N–H and O–H groups in total. The fourth-order valence-electron chi connectivity index (χ4n) is 3.80. The van der Waals surface area contributed by atoms with E-state index in [-0.39, 0.29) is 5.91 Å². The van der Waals surface area contributed by atoms with Gasteiger partial charge in [0.2, 0.25) is 11.0 Å². The molecule has 4 heterocycles. The van der Waals surface area contributed by atoms with Gasteiger partial charge in [0.1, 0.15) is 12.1 Å². The van der Waals surface area contributed by atoms with Gasteiger partial charge in [-0.3, -0.25) is 4.79 Å². The van der Waals surface area contributed by atoms with Crippen LogP contribution < -0.4 is 4.90 Å². The highest BCUT2D eigenvalue weighted by Crippen LogP contribution is 2.38. The third-order valence-corrected chi connectivity index (χ3v) is 7.72. The topological polar surface area (TPSA) is 114 Å². The Balaban J connectivity index is 1.50. The lowest BCUT2D eigenvalue weighted by molar-refractivity contribution is -0.129. The highest BCUT2D eigenvalue weighted by atomic mass is 32.2. The van der Waals surface area contributed by atoms with Crippen LogP contribution in [0, 0.1) is 22.7 Å². The second-order valence-electron chi connectivity index (χ2n) is 7.65. The molecule has 0 radical (unpaired) electrons. The quantitative estimate of drug-likeness (QED) is 0.431. The molecule has 0 spiro atoms. The Labute approximate surface area is 203 Å². The van der Waals surface area contributed by atoms with E-state index in [0.29, 0.717) is 42.8 Å². The molecule has 5 rings (SSSR count). The molecule has 4 aromatic rings. The van der Waals surface area contributed by atoms with Gasteiger partial charge in [-0.2, -0.15) is 15.6 Å². The number of hydrogen-bond acceptors (Lipinski definition) is 9. The van der Waals surface area contributed by atoms with Crippen molar-refractivity contribution < 1.29 is 4.79 Å². The van der Waals surface area contributed by atoms with E-state index in [1.54, 1.807) is 23.7 Å². The summed E-state index contributed by atoms with van der Waals surface area (Å²) in [4.78, 5) is 17.2. The summed E-state index contributed by atoms with van der Waals surface area (Å²) >= 11 is 2.90. The lowest BCUT2D eigenvalue weighted by Gasteiger charge is -2.33. The van der Waals surface area contributed by atoms with Crippen LogP contribution in [0.15, 0.2) is 52.5 Å². The summed E-state index contributed by atoms with van der Waals surface area (Å²) in [6, 6.07) is 13.8. The van der Waals surface area contributed by atoms with E-state index in [1.807, 2.05) is 35.4 Å². The number of amides is 1. The zero-order valence-electron chi connectivity index (χ0n) is 18.2. The molecule has 34 heavy (non-hydrogen) atoms. The maximum Gasteiger partial charge on any atom is 0.219 e. The molecule has 0 unspecified atom stereocenters. The van der Waals surface area contributed by atoms with E-state index in [1.165, 1.54) is 23.1 Å². The maximum absolute atomic E-state index is 11.6. The molecule has 9 nitrogen and oxygen atoms in total. The molecular formula is C23H18N8OS2. The van der Waals surface area contributed by atoms with Gasteiger partial charge in [-0.1, -0.05) is 35.2 Å². The van der Waals surface area contributed by atoms with Gasteiger partial charge in [0.25, 0.3) is 0 Å². The number of benzene rings is 1. The summed E-state index contributed by atoms with van der Waals surface area (Å²) in [5.41, 5.74) is 2.54. The molecule has 11 heteroatoms. The van der Waals surface area contributed by atoms with Gasteiger partial charge in [0.05, 0.1) is 22.8 Å². The normalized spacial score (nSPS) is 13.6. The molecule has 1 saturated heterocycles. The molecule has 0 bridgehead atoms. The van der Waals surface area contributed by atoms with Crippen molar-refractivity contribution in [2.45, 2.75) is 16.7 Å². The highest BCUT2D eigenvalue weighted by molar-refractivity contribution is 7.99. The molecule has 1 aromatic carbocycles. The van der Waals surface area contributed by atoms with Crippen LogP contribution in [-0.2, 0) is 4.79 Å². The zero-order valence-corrected chi connectivity index (χ0v) is 19.8. The van der Waals surface area contributed by atoms with Gasteiger partial charge in [-0.25, -0.2) is 4.52 Å². The molecular weight excluding hydrogens is 468 g/mol. The van der Waals surface area contributed by atoms with Crippen LogP contribution in [0.2, 0.25) is 0 Å². The standard InChI is InChI=1S/C23H18N8OS2/c1-15(32)29-6-8-30(9-7-29)23-28-27-22(34-23)17-10-20(21-18(12-25)13-26-31(21)14-17)33-19-5-3-2-4-16(19)11-24/h2-5,10,13-14H,6-9H2,1H3. The number of nitrogens with zero attached hydrogens (tertiary/aromatic N) is 8. The van der Waals surface area contributed by atoms with Crippen molar-refractivity contribution in [1.82, 2.24) is 24.7 Å². The minimum atomic E-state index is 0.0878. The van der Waals surface area contributed by atoms with Crippen molar-refractivity contribution in [3.63, 3.8) is 0 Å². The molecule has 1 aliphatic heterocycles. The first-order valence-electron chi connectivity index (χ1n) is 10.5. The van der Waals surface area contributed by atoms with Crippen LogP contribution in [-0.4, -0.2) is 56.8 Å². The monoisotopic (exact) mass is 486 g/mol. The van der Waals surface area contributed by atoms with E-state index < -0.39 is 0 Å². The van der Waals surface area contributed by atoms with E-state index >= 15 is 0 Å². The number of piperazine rings is 1. The van der Waals surface area contributed by atoms with Gasteiger partial charge in [0, 0.05) is 54.7 Å². The summed E-state index contributed by atoms with van der Waals surface area (Å²) in [7, 11) is 0. The number of carbonyl (C=O) groups excluding carboxylic acids is 1. The predicted molar refractivity (Wildman–Crippen MR) is 129 cm³/mol. The van der Waals surface area contributed by atoms with E-state index in [0.717, 1.165) is 25.5 Å². The Hall–Kier alpha value is -3.93. The molecule has 168 valence electrons. The van der Waals surface area contributed by atoms with Crippen LogP contribution in [0.5, 0.6) is 0 Å². The van der Waals surface area contributed by atoms with Gasteiger partial charge in [-0.15, -0.1) is 10.2 Å². The predicted octanol–water partition coefficient (Wildman–Crippen LogP) is 3.42. The maximum atomic E-state index is 11.6. The van der Waals surface area contributed by atoms with Gasteiger partial charge < -0.3 is 9.80 Å². The smallest absolute Gasteiger partial charge is 0.219 e. The summed E-state index contributed by atoms with van der Waals surface area (Å²) in [6.07, 6.45) is 3.38. The van der Waals surface area contributed by atoms with Crippen LogP contribution in [0.25, 0.3) is 16.1 Å². The largest absolute Gasteiger partial charge is 0.343 e. The second kappa shape index (κ2) is 9.14. The van der Waals surface area contributed by atoms with Crippen molar-refractivity contribution in [3.05, 3.63) is 53.9 Å². The van der Waals surface area contributed by atoms with Crippen LogP contribution in [0.3, 0.4) is 0 Å². The minimum Gasteiger partial charge on any atom is -0.343 e. The third-order valence-electron chi connectivity index (χ3n) is 5.58. The molecule has 1 aliphatic rings. The van der Waals surface area contributed by atoms with Crippen molar-refractivity contribution >= 4 is 39.7 Å². The molecule has 0 atom stereocenters. The van der Waals surface area contributed by atoms with Crippen LogP contribution in [0.1, 0.15) is 18.1 Å². The number of aromatic nitrogens is 4. The number of rotatable bonds is 4. The van der Waals surface area contributed by atoms with Gasteiger partial charge >= 0.3 is 0 Å². The SMILES string of the molecule is CC(=O)N1CCN(c2nnc(-c3cc(Sc4ccccc4C#N)c4c(C#N)cnn4c3)s2)CC1. The number of hydrogen-bond donors (Lipinski definition) is 0. The van der Waals surface area contributed by atoms with Crippen molar-refractivity contribution in [1.29, 1.82) is 10.5 Å². The molecule has 0 saturated carbocycles.